The molecule has 2 aromatic carbocycles. The van der Waals surface area contributed by atoms with Crippen LogP contribution in [0.3, 0.4) is 0 Å². The Hall–Kier alpha value is -1.71. The highest BCUT2D eigenvalue weighted by Gasteiger charge is 2.30. The predicted octanol–water partition coefficient (Wildman–Crippen LogP) is 3.06. The van der Waals surface area contributed by atoms with E-state index in [-0.39, 0.29) is 5.82 Å². The van der Waals surface area contributed by atoms with Gasteiger partial charge in [-0.3, -0.25) is 0 Å². The molecule has 2 aromatic rings. The predicted molar refractivity (Wildman–Crippen MR) is 77.8 cm³/mol. The molecule has 1 heterocycles. The molecule has 0 spiro atoms. The number of halogens is 1. The molecule has 1 saturated heterocycles. The quantitative estimate of drug-likeness (QED) is 0.880. The number of benzene rings is 2. The Labute approximate surface area is 118 Å². The number of nitrogens with one attached hydrogen (secondary N) is 1. The zero-order valence-corrected chi connectivity index (χ0v) is 11.3. The molecule has 0 radical (unpaired) electrons. The van der Waals surface area contributed by atoms with Crippen LogP contribution in [0.1, 0.15) is 18.4 Å². The first kappa shape index (κ1) is 13.3. The third-order valence-electron chi connectivity index (χ3n) is 3.94. The van der Waals surface area contributed by atoms with Gasteiger partial charge in [-0.1, -0.05) is 36.4 Å². The van der Waals surface area contributed by atoms with Crippen LogP contribution in [0.4, 0.5) is 4.39 Å². The molecule has 1 atom stereocenters. The lowest BCUT2D eigenvalue weighted by atomic mass is 9.86. The lowest BCUT2D eigenvalue weighted by Gasteiger charge is -2.33. The molecule has 0 saturated carbocycles. The molecule has 20 heavy (non-hydrogen) atoms. The summed E-state index contributed by atoms with van der Waals surface area (Å²) in [7, 11) is 0. The maximum absolute atomic E-state index is 13.2. The Morgan fingerprint density at radius 1 is 1.05 bits per heavy atom. The highest BCUT2D eigenvalue weighted by Crippen LogP contribution is 2.30. The van der Waals surface area contributed by atoms with E-state index in [0.29, 0.717) is 6.54 Å². The van der Waals surface area contributed by atoms with Gasteiger partial charge in [-0.25, -0.2) is 4.39 Å². The maximum atomic E-state index is 13.2. The van der Waals surface area contributed by atoms with Gasteiger partial charge in [-0.05, 0) is 48.2 Å². The second kappa shape index (κ2) is 5.35. The Morgan fingerprint density at radius 3 is 2.50 bits per heavy atom. The Morgan fingerprint density at radius 2 is 1.85 bits per heavy atom. The van der Waals surface area contributed by atoms with Crippen molar-refractivity contribution >= 4 is 0 Å². The van der Waals surface area contributed by atoms with Crippen LogP contribution in [0.25, 0.3) is 11.1 Å². The van der Waals surface area contributed by atoms with E-state index in [1.165, 1.54) is 12.1 Å². The van der Waals surface area contributed by atoms with Gasteiger partial charge in [0, 0.05) is 6.54 Å². The normalized spacial score (nSPS) is 22.7. The molecule has 1 aliphatic rings. The second-order valence-electron chi connectivity index (χ2n) is 5.40. The molecule has 1 fully saturated rings. The molecule has 1 unspecified atom stereocenters. The summed E-state index contributed by atoms with van der Waals surface area (Å²) in [6.45, 7) is 1.55. The van der Waals surface area contributed by atoms with Crippen molar-refractivity contribution in [3.63, 3.8) is 0 Å². The van der Waals surface area contributed by atoms with Gasteiger partial charge in [-0.2, -0.15) is 0 Å². The Bertz CT molecular complexity index is 588. The fourth-order valence-corrected chi connectivity index (χ4v) is 2.78. The maximum Gasteiger partial charge on any atom is 0.123 e. The molecule has 0 aromatic heterocycles. The van der Waals surface area contributed by atoms with Crippen LogP contribution in [0.2, 0.25) is 0 Å². The van der Waals surface area contributed by atoms with Crippen molar-refractivity contribution in [2.45, 2.75) is 18.4 Å². The molecule has 2 N–H and O–H groups in total. The summed E-state index contributed by atoms with van der Waals surface area (Å²) < 4.78 is 13.2. The van der Waals surface area contributed by atoms with Crippen molar-refractivity contribution in [2.75, 3.05) is 13.1 Å². The summed E-state index contributed by atoms with van der Waals surface area (Å²) in [6.07, 6.45) is 1.75. The van der Waals surface area contributed by atoms with Crippen molar-refractivity contribution < 1.29 is 9.50 Å². The second-order valence-corrected chi connectivity index (χ2v) is 5.40. The van der Waals surface area contributed by atoms with Crippen LogP contribution in [-0.4, -0.2) is 18.2 Å². The first-order valence-electron chi connectivity index (χ1n) is 6.97. The van der Waals surface area contributed by atoms with Crippen molar-refractivity contribution in [3.05, 3.63) is 59.9 Å². The Kier molecular flexibility index (Phi) is 3.55. The zero-order valence-electron chi connectivity index (χ0n) is 11.3. The van der Waals surface area contributed by atoms with Crippen molar-refractivity contribution in [2.24, 2.45) is 0 Å². The van der Waals surface area contributed by atoms with Gasteiger partial charge in [-0.15, -0.1) is 0 Å². The van der Waals surface area contributed by atoms with Crippen LogP contribution in [0.5, 0.6) is 0 Å². The van der Waals surface area contributed by atoms with Gasteiger partial charge in [0.2, 0.25) is 0 Å². The van der Waals surface area contributed by atoms with Gasteiger partial charge in [0.25, 0.3) is 0 Å². The summed E-state index contributed by atoms with van der Waals surface area (Å²) in [6, 6.07) is 14.3. The SMILES string of the molecule is OC1(c2ccc(-c3cccc(F)c3)cc2)CCCNC1. The number of hydrogen-bond donors (Lipinski definition) is 2. The lowest BCUT2D eigenvalue weighted by molar-refractivity contribution is 0.0123. The first-order valence-corrected chi connectivity index (χ1v) is 6.97. The minimum Gasteiger partial charge on any atom is -0.384 e. The molecule has 0 aliphatic carbocycles. The first-order chi connectivity index (χ1) is 9.67. The molecular weight excluding hydrogens is 253 g/mol. The average molecular weight is 271 g/mol. The number of hydrogen-bond acceptors (Lipinski definition) is 2. The van der Waals surface area contributed by atoms with Gasteiger partial charge < -0.3 is 10.4 Å². The van der Waals surface area contributed by atoms with E-state index >= 15 is 0 Å². The lowest BCUT2D eigenvalue weighted by Crippen LogP contribution is -2.43. The summed E-state index contributed by atoms with van der Waals surface area (Å²) in [5.41, 5.74) is 1.95. The fraction of sp³-hybridized carbons (Fsp3) is 0.294. The molecule has 2 nitrogen and oxygen atoms in total. The minimum absolute atomic E-state index is 0.235. The third kappa shape index (κ3) is 2.60. The number of aliphatic hydroxyl groups is 1. The molecule has 0 amide bonds. The standard InChI is InChI=1S/C17H18FNO/c18-16-4-1-3-14(11-16)13-5-7-15(8-6-13)17(20)9-2-10-19-12-17/h1,3-8,11,19-20H,2,9-10,12H2. The van der Waals surface area contributed by atoms with Crippen molar-refractivity contribution in [1.82, 2.24) is 5.32 Å². The topological polar surface area (TPSA) is 32.3 Å². The van der Waals surface area contributed by atoms with Crippen LogP contribution in [0, 0.1) is 5.82 Å². The fourth-order valence-electron chi connectivity index (χ4n) is 2.78. The molecular formula is C17H18FNO. The van der Waals surface area contributed by atoms with E-state index in [1.54, 1.807) is 6.07 Å². The van der Waals surface area contributed by atoms with Crippen molar-refractivity contribution in [3.8, 4) is 11.1 Å². The van der Waals surface area contributed by atoms with E-state index in [0.717, 1.165) is 36.1 Å². The molecule has 3 rings (SSSR count). The summed E-state index contributed by atoms with van der Waals surface area (Å²) >= 11 is 0. The monoisotopic (exact) mass is 271 g/mol. The highest BCUT2D eigenvalue weighted by molar-refractivity contribution is 5.63. The van der Waals surface area contributed by atoms with Gasteiger partial charge in [0.1, 0.15) is 11.4 Å². The molecule has 104 valence electrons. The van der Waals surface area contributed by atoms with Gasteiger partial charge in [0.05, 0.1) is 0 Å². The summed E-state index contributed by atoms with van der Waals surface area (Å²) in [5, 5.41) is 13.9. The molecule has 0 bridgehead atoms. The average Bonchev–Trinajstić information content (AvgIpc) is 2.48. The van der Waals surface area contributed by atoms with E-state index in [1.807, 2.05) is 30.3 Å². The number of rotatable bonds is 2. The Balaban J connectivity index is 1.88. The van der Waals surface area contributed by atoms with Crippen LogP contribution in [-0.2, 0) is 5.60 Å². The van der Waals surface area contributed by atoms with Crippen molar-refractivity contribution in [1.29, 1.82) is 0 Å². The third-order valence-corrected chi connectivity index (χ3v) is 3.94. The number of β-amino-alcohol motifs (C(OH)–C–C–N with tert-alkyl or cyclic N) is 1. The molecule has 3 heteroatoms. The van der Waals surface area contributed by atoms with Crippen LogP contribution < -0.4 is 5.32 Å². The van der Waals surface area contributed by atoms with E-state index in [9.17, 15) is 9.50 Å². The highest BCUT2D eigenvalue weighted by atomic mass is 19.1. The smallest absolute Gasteiger partial charge is 0.123 e. The van der Waals surface area contributed by atoms with E-state index in [4.69, 9.17) is 0 Å². The van der Waals surface area contributed by atoms with Gasteiger partial charge >= 0.3 is 0 Å². The summed E-state index contributed by atoms with van der Waals surface area (Å²) in [4.78, 5) is 0. The minimum atomic E-state index is -0.779. The van der Waals surface area contributed by atoms with Gasteiger partial charge in [0.15, 0.2) is 0 Å². The summed E-state index contributed by atoms with van der Waals surface area (Å²) in [5.74, 6) is -0.235. The van der Waals surface area contributed by atoms with Crippen LogP contribution >= 0.6 is 0 Å². The zero-order chi connectivity index (χ0) is 14.0. The molecule has 1 aliphatic heterocycles. The number of piperidine rings is 1. The largest absolute Gasteiger partial charge is 0.384 e. The van der Waals surface area contributed by atoms with E-state index in [2.05, 4.69) is 5.32 Å². The van der Waals surface area contributed by atoms with Crippen LogP contribution in [0.15, 0.2) is 48.5 Å². The van der Waals surface area contributed by atoms with E-state index < -0.39 is 5.60 Å².